The van der Waals surface area contributed by atoms with Gasteiger partial charge in [-0.1, -0.05) is 59.8 Å². The maximum atomic E-state index is 11.9. The lowest BCUT2D eigenvalue weighted by atomic mass is 10.1. The van der Waals surface area contributed by atoms with E-state index in [-0.39, 0.29) is 12.1 Å². The predicted molar refractivity (Wildman–Crippen MR) is 112 cm³/mol. The summed E-state index contributed by atoms with van der Waals surface area (Å²) in [6, 6.07) is 26.8. The van der Waals surface area contributed by atoms with Gasteiger partial charge in [-0.05, 0) is 24.3 Å². The lowest BCUT2D eigenvalue weighted by Gasteiger charge is -2.07. The van der Waals surface area contributed by atoms with Gasteiger partial charge in [-0.15, -0.1) is 0 Å². The highest BCUT2D eigenvalue weighted by molar-refractivity contribution is 5.67. The van der Waals surface area contributed by atoms with Crippen LogP contribution in [0.4, 0.5) is 0 Å². The van der Waals surface area contributed by atoms with Crippen LogP contribution in [0.1, 0.15) is 5.82 Å². The van der Waals surface area contributed by atoms with E-state index in [1.165, 1.54) is 10.6 Å². The van der Waals surface area contributed by atoms with Crippen LogP contribution >= 0.6 is 0 Å². The second-order valence-corrected chi connectivity index (χ2v) is 6.71. The van der Waals surface area contributed by atoms with Gasteiger partial charge >= 0.3 is 0 Å². The van der Waals surface area contributed by atoms with Crippen LogP contribution in [-0.4, -0.2) is 24.5 Å². The number of hydrogen-bond donors (Lipinski definition) is 0. The van der Waals surface area contributed by atoms with Gasteiger partial charge in [0, 0.05) is 17.8 Å². The maximum Gasteiger partial charge on any atom is 0.278 e. The highest BCUT2D eigenvalue weighted by atomic mass is 16.5. The third-order valence-corrected chi connectivity index (χ3v) is 4.68. The minimum atomic E-state index is -0.122. The summed E-state index contributed by atoms with van der Waals surface area (Å²) in [4.78, 5) is 16.4. The lowest BCUT2D eigenvalue weighted by molar-refractivity contribution is 0.418. The van der Waals surface area contributed by atoms with Crippen molar-refractivity contribution in [3.05, 3.63) is 107 Å². The Bertz CT molecular complexity index is 1280. The Morgan fingerprint density at radius 3 is 2.37 bits per heavy atom. The second kappa shape index (κ2) is 7.63. The Balaban J connectivity index is 1.54. The summed E-state index contributed by atoms with van der Waals surface area (Å²) in [5.74, 6) is 0.717. The fourth-order valence-electron chi connectivity index (χ4n) is 3.23. The SMILES string of the molecule is O=c1ccccn1Cc1noc(-c2cc(-c3ccccc3)n(-c3ccccc3)n2)n1. The monoisotopic (exact) mass is 395 g/mol. The topological polar surface area (TPSA) is 78.7 Å². The Morgan fingerprint density at radius 1 is 0.867 bits per heavy atom. The molecule has 146 valence electrons. The molecule has 0 aliphatic heterocycles. The van der Waals surface area contributed by atoms with Gasteiger partial charge in [-0.3, -0.25) is 4.79 Å². The molecule has 30 heavy (non-hydrogen) atoms. The van der Waals surface area contributed by atoms with Crippen molar-refractivity contribution in [1.82, 2.24) is 24.5 Å². The van der Waals surface area contributed by atoms with Crippen molar-refractivity contribution < 1.29 is 4.52 Å². The predicted octanol–water partition coefficient (Wildman–Crippen LogP) is 3.80. The van der Waals surface area contributed by atoms with E-state index in [0.717, 1.165) is 16.9 Å². The normalized spacial score (nSPS) is 10.9. The van der Waals surface area contributed by atoms with E-state index in [4.69, 9.17) is 9.62 Å². The Labute approximate surface area is 171 Å². The molecule has 0 saturated heterocycles. The number of hydrogen-bond acceptors (Lipinski definition) is 5. The van der Waals surface area contributed by atoms with Crippen LogP contribution in [0.3, 0.4) is 0 Å². The molecule has 0 bridgehead atoms. The summed E-state index contributed by atoms with van der Waals surface area (Å²) in [6.07, 6.45) is 1.69. The quantitative estimate of drug-likeness (QED) is 0.452. The molecule has 0 aliphatic carbocycles. The summed E-state index contributed by atoms with van der Waals surface area (Å²) >= 11 is 0. The van der Waals surface area contributed by atoms with Crippen LogP contribution in [0.5, 0.6) is 0 Å². The molecular formula is C23H17N5O2. The molecule has 5 aromatic rings. The number of rotatable bonds is 5. The molecule has 3 heterocycles. The maximum absolute atomic E-state index is 11.9. The van der Waals surface area contributed by atoms with Gasteiger partial charge in [0.05, 0.1) is 17.9 Å². The minimum absolute atomic E-state index is 0.122. The fourth-order valence-corrected chi connectivity index (χ4v) is 3.23. The molecule has 0 N–H and O–H groups in total. The molecule has 2 aromatic carbocycles. The molecule has 7 nitrogen and oxygen atoms in total. The molecule has 0 unspecified atom stereocenters. The first kappa shape index (κ1) is 17.8. The number of pyridine rings is 1. The van der Waals surface area contributed by atoms with Crippen LogP contribution in [0, 0.1) is 0 Å². The Morgan fingerprint density at radius 2 is 1.60 bits per heavy atom. The zero-order chi connectivity index (χ0) is 20.3. The summed E-state index contributed by atoms with van der Waals surface area (Å²) in [5, 5.41) is 8.74. The molecule has 0 amide bonds. The zero-order valence-corrected chi connectivity index (χ0v) is 15.9. The van der Waals surface area contributed by atoms with Crippen molar-refractivity contribution in [2.24, 2.45) is 0 Å². The van der Waals surface area contributed by atoms with Gasteiger partial charge in [0.1, 0.15) is 0 Å². The summed E-state index contributed by atoms with van der Waals surface area (Å²) in [5.41, 5.74) is 3.31. The average Bonchev–Trinajstić information content (AvgIpc) is 3.44. The largest absolute Gasteiger partial charge is 0.332 e. The Hall–Kier alpha value is -4.26. The van der Waals surface area contributed by atoms with Crippen molar-refractivity contribution >= 4 is 0 Å². The van der Waals surface area contributed by atoms with E-state index in [9.17, 15) is 4.79 Å². The van der Waals surface area contributed by atoms with E-state index in [2.05, 4.69) is 10.1 Å². The van der Waals surface area contributed by atoms with Crippen molar-refractivity contribution in [3.8, 4) is 28.5 Å². The molecule has 0 atom stereocenters. The minimum Gasteiger partial charge on any atom is -0.332 e. The first-order valence-electron chi connectivity index (χ1n) is 9.47. The summed E-state index contributed by atoms with van der Waals surface area (Å²) in [7, 11) is 0. The number of benzene rings is 2. The molecule has 0 spiro atoms. The van der Waals surface area contributed by atoms with Crippen molar-refractivity contribution in [1.29, 1.82) is 0 Å². The second-order valence-electron chi connectivity index (χ2n) is 6.71. The first-order valence-corrected chi connectivity index (χ1v) is 9.47. The van der Waals surface area contributed by atoms with Crippen LogP contribution in [-0.2, 0) is 6.54 Å². The average molecular weight is 395 g/mol. The van der Waals surface area contributed by atoms with Crippen molar-refractivity contribution in [2.45, 2.75) is 6.54 Å². The number of nitrogens with zero attached hydrogens (tertiary/aromatic N) is 5. The summed E-state index contributed by atoms with van der Waals surface area (Å²) in [6.45, 7) is 0.230. The molecule has 0 saturated carbocycles. The van der Waals surface area contributed by atoms with E-state index < -0.39 is 0 Å². The van der Waals surface area contributed by atoms with Crippen LogP contribution in [0.2, 0.25) is 0 Å². The number of aromatic nitrogens is 5. The van der Waals surface area contributed by atoms with Crippen molar-refractivity contribution in [2.75, 3.05) is 0 Å². The highest BCUT2D eigenvalue weighted by Crippen LogP contribution is 2.28. The van der Waals surface area contributed by atoms with Gasteiger partial charge in [0.25, 0.3) is 11.4 Å². The van der Waals surface area contributed by atoms with Crippen molar-refractivity contribution in [3.63, 3.8) is 0 Å². The smallest absolute Gasteiger partial charge is 0.278 e. The standard InChI is InChI=1S/C23H17N5O2/c29-22-13-7-8-14-27(22)16-21-24-23(30-26-21)19-15-20(17-9-3-1-4-10-17)28(25-19)18-11-5-2-6-12-18/h1-15H,16H2. The van der Waals surface area contributed by atoms with Crippen LogP contribution < -0.4 is 5.56 Å². The van der Waals surface area contributed by atoms with Crippen LogP contribution in [0.15, 0.2) is 100 Å². The molecule has 3 aromatic heterocycles. The molecule has 0 aliphatic rings. The third kappa shape index (κ3) is 3.44. The van der Waals surface area contributed by atoms with E-state index in [1.807, 2.05) is 71.4 Å². The molecule has 5 rings (SSSR count). The zero-order valence-electron chi connectivity index (χ0n) is 15.9. The molecule has 0 fully saturated rings. The van der Waals surface area contributed by atoms with Gasteiger partial charge in [-0.2, -0.15) is 10.1 Å². The first-order chi connectivity index (χ1) is 14.8. The highest BCUT2D eigenvalue weighted by Gasteiger charge is 2.17. The van der Waals surface area contributed by atoms with E-state index in [0.29, 0.717) is 17.4 Å². The van der Waals surface area contributed by atoms with Gasteiger partial charge in [-0.25, -0.2) is 4.68 Å². The lowest BCUT2D eigenvalue weighted by Crippen LogP contribution is -2.18. The molecular weight excluding hydrogens is 378 g/mol. The Kier molecular flexibility index (Phi) is 4.53. The van der Waals surface area contributed by atoms with Gasteiger partial charge < -0.3 is 9.09 Å². The van der Waals surface area contributed by atoms with E-state index >= 15 is 0 Å². The molecule has 7 heteroatoms. The third-order valence-electron chi connectivity index (χ3n) is 4.68. The summed E-state index contributed by atoms with van der Waals surface area (Å²) < 4.78 is 8.83. The van der Waals surface area contributed by atoms with Crippen LogP contribution in [0.25, 0.3) is 28.5 Å². The fraction of sp³-hybridized carbons (Fsp3) is 0.0435. The molecule has 0 radical (unpaired) electrons. The van der Waals surface area contributed by atoms with Gasteiger partial charge in [0.15, 0.2) is 11.5 Å². The van der Waals surface area contributed by atoms with E-state index in [1.54, 1.807) is 18.3 Å². The number of para-hydroxylation sites is 1. The van der Waals surface area contributed by atoms with Gasteiger partial charge in [0.2, 0.25) is 0 Å².